The Bertz CT molecular complexity index is 358. The fourth-order valence-corrected chi connectivity index (χ4v) is 1.88. The molecule has 96 valence electrons. The van der Waals surface area contributed by atoms with E-state index in [4.69, 9.17) is 4.74 Å². The van der Waals surface area contributed by atoms with Gasteiger partial charge in [0.15, 0.2) is 0 Å². The number of aryl methyl sites for hydroxylation is 1. The van der Waals surface area contributed by atoms with Crippen LogP contribution in [-0.2, 0) is 6.54 Å². The van der Waals surface area contributed by atoms with Crippen LogP contribution in [0.3, 0.4) is 0 Å². The molecule has 0 amide bonds. The number of benzene rings is 1. The summed E-state index contributed by atoms with van der Waals surface area (Å²) in [7, 11) is 1.75. The Hall–Kier alpha value is -1.02. The molecule has 2 nitrogen and oxygen atoms in total. The molecule has 0 bridgehead atoms. The fourth-order valence-electron chi connectivity index (χ4n) is 1.88. The molecule has 0 saturated carbocycles. The first-order valence-corrected chi connectivity index (χ1v) is 6.40. The van der Waals surface area contributed by atoms with Gasteiger partial charge in [0.2, 0.25) is 0 Å². The van der Waals surface area contributed by atoms with Crippen molar-refractivity contribution in [1.82, 2.24) is 5.32 Å². The monoisotopic (exact) mass is 235 g/mol. The second kappa shape index (κ2) is 6.65. The van der Waals surface area contributed by atoms with E-state index in [9.17, 15) is 0 Å². The molecule has 0 aliphatic carbocycles. The molecule has 0 radical (unpaired) electrons. The maximum Gasteiger partial charge on any atom is 0.126 e. The first-order chi connectivity index (χ1) is 8.06. The van der Waals surface area contributed by atoms with Crippen molar-refractivity contribution in [2.75, 3.05) is 13.7 Å². The van der Waals surface area contributed by atoms with Gasteiger partial charge in [-0.3, -0.25) is 0 Å². The summed E-state index contributed by atoms with van der Waals surface area (Å²) in [6.07, 6.45) is 1.22. The quantitative estimate of drug-likeness (QED) is 0.763. The topological polar surface area (TPSA) is 21.3 Å². The molecule has 0 atom stereocenters. The number of nitrogens with one attached hydrogen (secondary N) is 1. The lowest BCUT2D eigenvalue weighted by Crippen LogP contribution is -2.17. The summed E-state index contributed by atoms with van der Waals surface area (Å²) in [5.74, 6) is 1.78. The van der Waals surface area contributed by atoms with Crippen molar-refractivity contribution < 1.29 is 4.74 Å². The van der Waals surface area contributed by atoms with Gasteiger partial charge >= 0.3 is 0 Å². The average Bonchev–Trinajstić information content (AvgIpc) is 2.29. The van der Waals surface area contributed by atoms with Gasteiger partial charge in [0.05, 0.1) is 7.11 Å². The third-order valence-corrected chi connectivity index (χ3v) is 3.18. The van der Waals surface area contributed by atoms with Crippen LogP contribution in [0.1, 0.15) is 37.0 Å². The summed E-state index contributed by atoms with van der Waals surface area (Å²) in [5, 5.41) is 3.47. The van der Waals surface area contributed by atoms with Crippen molar-refractivity contribution in [2.24, 2.45) is 5.92 Å². The predicted octanol–water partition coefficient (Wildman–Crippen LogP) is 3.45. The van der Waals surface area contributed by atoms with Crippen molar-refractivity contribution in [2.45, 2.75) is 40.7 Å². The van der Waals surface area contributed by atoms with Gasteiger partial charge in [-0.2, -0.15) is 0 Å². The Balaban J connectivity index is 2.62. The molecule has 0 fully saturated rings. The van der Waals surface area contributed by atoms with Gasteiger partial charge < -0.3 is 10.1 Å². The SMILES string of the molecule is COc1c(CNCCC(C)C)ccc(C)c1C. The highest BCUT2D eigenvalue weighted by Gasteiger charge is 2.07. The molecule has 0 aliphatic heterocycles. The van der Waals surface area contributed by atoms with Crippen LogP contribution in [0.4, 0.5) is 0 Å². The van der Waals surface area contributed by atoms with Crippen LogP contribution in [0.15, 0.2) is 12.1 Å². The van der Waals surface area contributed by atoms with Crippen LogP contribution >= 0.6 is 0 Å². The van der Waals surface area contributed by atoms with Gasteiger partial charge in [-0.1, -0.05) is 26.0 Å². The van der Waals surface area contributed by atoms with Crippen molar-refractivity contribution in [1.29, 1.82) is 0 Å². The molecule has 0 unspecified atom stereocenters. The molecule has 0 heterocycles. The van der Waals surface area contributed by atoms with Gasteiger partial charge in [0.1, 0.15) is 5.75 Å². The highest BCUT2D eigenvalue weighted by atomic mass is 16.5. The van der Waals surface area contributed by atoms with Crippen molar-refractivity contribution >= 4 is 0 Å². The molecular formula is C15H25NO. The minimum Gasteiger partial charge on any atom is -0.496 e. The van der Waals surface area contributed by atoms with E-state index in [1.807, 2.05) is 0 Å². The second-order valence-corrected chi connectivity index (χ2v) is 5.06. The highest BCUT2D eigenvalue weighted by Crippen LogP contribution is 2.25. The molecular weight excluding hydrogens is 210 g/mol. The Morgan fingerprint density at radius 1 is 1.24 bits per heavy atom. The van der Waals surface area contributed by atoms with Crippen LogP contribution < -0.4 is 10.1 Å². The summed E-state index contributed by atoms with van der Waals surface area (Å²) >= 11 is 0. The van der Waals surface area contributed by atoms with E-state index in [0.717, 1.165) is 24.8 Å². The van der Waals surface area contributed by atoms with Crippen molar-refractivity contribution in [3.05, 3.63) is 28.8 Å². The lowest BCUT2D eigenvalue weighted by atomic mass is 10.0. The Morgan fingerprint density at radius 2 is 1.94 bits per heavy atom. The van der Waals surface area contributed by atoms with Gasteiger partial charge in [-0.05, 0) is 43.9 Å². The van der Waals surface area contributed by atoms with E-state index < -0.39 is 0 Å². The maximum absolute atomic E-state index is 5.50. The third-order valence-electron chi connectivity index (χ3n) is 3.18. The highest BCUT2D eigenvalue weighted by molar-refractivity contribution is 5.45. The smallest absolute Gasteiger partial charge is 0.126 e. The molecule has 1 N–H and O–H groups in total. The molecule has 17 heavy (non-hydrogen) atoms. The standard InChI is InChI=1S/C15H25NO/c1-11(2)8-9-16-10-14-7-6-12(3)13(4)15(14)17-5/h6-7,11,16H,8-10H2,1-5H3. The summed E-state index contributed by atoms with van der Waals surface area (Å²) in [6.45, 7) is 10.7. The normalized spacial score (nSPS) is 10.9. The zero-order chi connectivity index (χ0) is 12.8. The van der Waals surface area contributed by atoms with Gasteiger partial charge in [-0.25, -0.2) is 0 Å². The van der Waals surface area contributed by atoms with E-state index >= 15 is 0 Å². The summed E-state index contributed by atoms with van der Waals surface area (Å²) in [4.78, 5) is 0. The zero-order valence-electron chi connectivity index (χ0n) is 11.8. The maximum atomic E-state index is 5.50. The molecule has 1 aromatic carbocycles. The number of hydrogen-bond donors (Lipinski definition) is 1. The molecule has 0 saturated heterocycles. The van der Waals surface area contributed by atoms with E-state index in [1.54, 1.807) is 7.11 Å². The number of methoxy groups -OCH3 is 1. The Morgan fingerprint density at radius 3 is 2.53 bits per heavy atom. The second-order valence-electron chi connectivity index (χ2n) is 5.06. The number of ether oxygens (including phenoxy) is 1. The number of hydrogen-bond acceptors (Lipinski definition) is 2. The molecule has 0 aromatic heterocycles. The fraction of sp³-hybridized carbons (Fsp3) is 0.600. The van der Waals surface area contributed by atoms with Crippen LogP contribution in [0.5, 0.6) is 5.75 Å². The van der Waals surface area contributed by atoms with E-state index in [1.165, 1.54) is 23.1 Å². The Labute approximate surface area is 105 Å². The van der Waals surface area contributed by atoms with Crippen LogP contribution in [0, 0.1) is 19.8 Å². The van der Waals surface area contributed by atoms with Gasteiger partial charge in [0, 0.05) is 12.1 Å². The molecule has 0 aliphatic rings. The van der Waals surface area contributed by atoms with E-state index in [0.29, 0.717) is 0 Å². The summed E-state index contributed by atoms with van der Waals surface area (Å²) in [5.41, 5.74) is 3.78. The van der Waals surface area contributed by atoms with Crippen molar-refractivity contribution in [3.8, 4) is 5.75 Å². The predicted molar refractivity (Wildman–Crippen MR) is 73.6 cm³/mol. The molecule has 1 aromatic rings. The van der Waals surface area contributed by atoms with E-state index in [2.05, 4.69) is 45.1 Å². The van der Waals surface area contributed by atoms with Crippen LogP contribution in [0.2, 0.25) is 0 Å². The summed E-state index contributed by atoms with van der Waals surface area (Å²) in [6, 6.07) is 4.32. The first-order valence-electron chi connectivity index (χ1n) is 6.40. The minimum absolute atomic E-state index is 0.754. The van der Waals surface area contributed by atoms with Gasteiger partial charge in [-0.15, -0.1) is 0 Å². The van der Waals surface area contributed by atoms with Crippen molar-refractivity contribution in [3.63, 3.8) is 0 Å². The van der Waals surface area contributed by atoms with E-state index in [-0.39, 0.29) is 0 Å². The first kappa shape index (κ1) is 14.0. The average molecular weight is 235 g/mol. The van der Waals surface area contributed by atoms with Crippen LogP contribution in [0.25, 0.3) is 0 Å². The minimum atomic E-state index is 0.754. The third kappa shape index (κ3) is 4.04. The summed E-state index contributed by atoms with van der Waals surface area (Å²) < 4.78 is 5.50. The molecule has 0 spiro atoms. The lowest BCUT2D eigenvalue weighted by molar-refractivity contribution is 0.403. The largest absolute Gasteiger partial charge is 0.496 e. The number of rotatable bonds is 6. The van der Waals surface area contributed by atoms with Gasteiger partial charge in [0.25, 0.3) is 0 Å². The van der Waals surface area contributed by atoms with Crippen LogP contribution in [-0.4, -0.2) is 13.7 Å². The Kier molecular flexibility index (Phi) is 5.49. The zero-order valence-corrected chi connectivity index (χ0v) is 11.8. The molecule has 1 rings (SSSR count). The molecule has 2 heteroatoms. The lowest BCUT2D eigenvalue weighted by Gasteiger charge is -2.14.